The molecule has 0 bridgehead atoms. The van der Waals surface area contributed by atoms with Gasteiger partial charge < -0.3 is 14.5 Å². The van der Waals surface area contributed by atoms with E-state index in [9.17, 15) is 18.0 Å². The molecule has 1 N–H and O–H groups in total. The second-order valence-corrected chi connectivity index (χ2v) is 4.09. The Hall–Kier alpha value is -2.51. The lowest BCUT2D eigenvalue weighted by atomic mass is 10.1. The molecule has 21 heavy (non-hydrogen) atoms. The molecule has 0 unspecified atom stereocenters. The van der Waals surface area contributed by atoms with Crippen molar-refractivity contribution in [2.75, 3.05) is 7.11 Å². The van der Waals surface area contributed by atoms with Gasteiger partial charge in [-0.1, -0.05) is 0 Å². The summed E-state index contributed by atoms with van der Waals surface area (Å²) in [5, 5.41) is 0. The maximum absolute atomic E-state index is 12.4. The summed E-state index contributed by atoms with van der Waals surface area (Å²) in [5.74, 6) is -1.17. The molecule has 0 aliphatic carbocycles. The zero-order chi connectivity index (χ0) is 15.6. The maximum atomic E-state index is 12.4. The highest BCUT2D eigenvalue weighted by Gasteiger charge is 2.33. The highest BCUT2D eigenvalue weighted by atomic mass is 19.4. The van der Waals surface area contributed by atoms with Gasteiger partial charge in [0.1, 0.15) is 5.69 Å². The predicted octanol–water partition coefficient (Wildman–Crippen LogP) is 3.07. The molecule has 0 saturated carbocycles. The van der Waals surface area contributed by atoms with Gasteiger partial charge in [-0.25, -0.2) is 4.79 Å². The quantitative estimate of drug-likeness (QED) is 0.885. The lowest BCUT2D eigenvalue weighted by Gasteiger charge is -2.13. The second kappa shape index (κ2) is 5.47. The average molecular weight is 300 g/mol. The van der Waals surface area contributed by atoms with Crippen molar-refractivity contribution < 1.29 is 27.4 Å². The van der Waals surface area contributed by atoms with E-state index < -0.39 is 18.1 Å². The minimum Gasteiger partial charge on any atom is -0.465 e. The first-order valence-corrected chi connectivity index (χ1v) is 5.81. The van der Waals surface area contributed by atoms with Crippen LogP contribution in [0.1, 0.15) is 16.1 Å². The van der Waals surface area contributed by atoms with Crippen LogP contribution >= 0.6 is 0 Å². The van der Waals surface area contributed by atoms with Gasteiger partial charge in [0.05, 0.1) is 12.7 Å². The minimum atomic E-state index is -4.85. The van der Waals surface area contributed by atoms with E-state index in [0.717, 1.165) is 6.07 Å². The molecule has 8 heteroatoms. The molecule has 2 aromatic rings. The van der Waals surface area contributed by atoms with Crippen LogP contribution < -0.4 is 4.74 Å². The number of nitrogens with one attached hydrogen (secondary N) is 1. The van der Waals surface area contributed by atoms with E-state index in [0.29, 0.717) is 5.69 Å². The van der Waals surface area contributed by atoms with Gasteiger partial charge in [-0.2, -0.15) is 0 Å². The third kappa shape index (κ3) is 3.15. The highest BCUT2D eigenvalue weighted by Crippen LogP contribution is 2.35. The Bertz CT molecular complexity index is 665. The van der Waals surface area contributed by atoms with E-state index in [-0.39, 0.29) is 16.8 Å². The highest BCUT2D eigenvalue weighted by molar-refractivity contribution is 5.98. The number of aromatic amines is 1. The Labute approximate surface area is 117 Å². The van der Waals surface area contributed by atoms with Crippen molar-refractivity contribution in [1.29, 1.82) is 0 Å². The molecular weight excluding hydrogens is 289 g/mol. The average Bonchev–Trinajstić information content (AvgIpc) is 2.78. The van der Waals surface area contributed by atoms with Crippen molar-refractivity contribution in [3.63, 3.8) is 0 Å². The van der Waals surface area contributed by atoms with Crippen LogP contribution in [0.2, 0.25) is 0 Å². The van der Waals surface area contributed by atoms with E-state index in [1.807, 2.05) is 0 Å². The third-order valence-electron chi connectivity index (χ3n) is 2.72. The van der Waals surface area contributed by atoms with E-state index >= 15 is 0 Å². The summed E-state index contributed by atoms with van der Waals surface area (Å²) in [7, 11) is 1.18. The number of hydrogen-bond donors (Lipinski definition) is 1. The minimum absolute atomic E-state index is 0.0840. The number of esters is 1. The van der Waals surface area contributed by atoms with E-state index in [1.54, 1.807) is 6.92 Å². The lowest BCUT2D eigenvalue weighted by Crippen LogP contribution is -2.18. The summed E-state index contributed by atoms with van der Waals surface area (Å²) in [6, 6.07) is 2.44. The first kappa shape index (κ1) is 14.9. The Morgan fingerprint density at radius 2 is 2.10 bits per heavy atom. The fraction of sp³-hybridized carbons (Fsp3) is 0.231. The summed E-state index contributed by atoms with van der Waals surface area (Å²) in [6.45, 7) is 1.60. The summed E-state index contributed by atoms with van der Waals surface area (Å²) >= 11 is 0. The smallest absolute Gasteiger partial charge is 0.465 e. The molecule has 2 heterocycles. The van der Waals surface area contributed by atoms with Crippen LogP contribution in [-0.2, 0) is 4.74 Å². The molecule has 0 radical (unpaired) electrons. The van der Waals surface area contributed by atoms with Crippen molar-refractivity contribution in [1.82, 2.24) is 9.97 Å². The fourth-order valence-electron chi connectivity index (χ4n) is 1.89. The Kier molecular flexibility index (Phi) is 3.88. The number of carbonyl (C=O) groups excluding carboxylic acids is 1. The first-order valence-electron chi connectivity index (χ1n) is 5.81. The molecule has 0 saturated heterocycles. The normalized spacial score (nSPS) is 11.3. The van der Waals surface area contributed by atoms with E-state index in [2.05, 4.69) is 19.4 Å². The van der Waals surface area contributed by atoms with Gasteiger partial charge >= 0.3 is 12.3 Å². The molecule has 0 aromatic carbocycles. The van der Waals surface area contributed by atoms with Crippen LogP contribution in [0.3, 0.4) is 0 Å². The van der Waals surface area contributed by atoms with Crippen molar-refractivity contribution in [3.05, 3.63) is 35.8 Å². The first-order chi connectivity index (χ1) is 9.83. The van der Waals surface area contributed by atoms with Gasteiger partial charge in [-0.05, 0) is 19.1 Å². The van der Waals surface area contributed by atoms with Crippen molar-refractivity contribution in [2.24, 2.45) is 0 Å². The maximum Gasteiger partial charge on any atom is 0.573 e. The number of ether oxygens (including phenoxy) is 2. The van der Waals surface area contributed by atoms with Gasteiger partial charge in [-0.3, -0.25) is 4.98 Å². The Morgan fingerprint density at radius 3 is 2.71 bits per heavy atom. The van der Waals surface area contributed by atoms with Crippen LogP contribution in [0, 0.1) is 6.92 Å². The summed E-state index contributed by atoms with van der Waals surface area (Å²) in [5.41, 5.74) is 0.678. The molecule has 5 nitrogen and oxygen atoms in total. The number of alkyl halides is 3. The van der Waals surface area contributed by atoms with E-state index in [1.165, 1.54) is 25.6 Å². The summed E-state index contributed by atoms with van der Waals surface area (Å²) in [4.78, 5) is 18.3. The summed E-state index contributed by atoms with van der Waals surface area (Å²) in [6.07, 6.45) is -2.19. The second-order valence-electron chi connectivity index (χ2n) is 4.09. The molecule has 0 aliphatic rings. The number of nitrogens with zero attached hydrogens (tertiary/aromatic N) is 1. The number of carbonyl (C=O) groups is 1. The number of pyridine rings is 1. The molecule has 2 aromatic heterocycles. The number of H-pyrrole nitrogens is 1. The van der Waals surface area contributed by atoms with Crippen LogP contribution in [0.5, 0.6) is 5.75 Å². The number of methoxy groups -OCH3 is 1. The number of aromatic nitrogens is 2. The van der Waals surface area contributed by atoms with Gasteiger partial charge in [-0.15, -0.1) is 13.2 Å². The molecule has 0 aliphatic heterocycles. The molecule has 0 amide bonds. The molecule has 0 atom stereocenters. The monoisotopic (exact) mass is 300 g/mol. The summed E-state index contributed by atoms with van der Waals surface area (Å²) < 4.78 is 45.9. The van der Waals surface area contributed by atoms with Crippen LogP contribution in [0.4, 0.5) is 13.2 Å². The van der Waals surface area contributed by atoms with Crippen LogP contribution in [0.15, 0.2) is 24.5 Å². The van der Waals surface area contributed by atoms with Crippen molar-refractivity contribution in [3.8, 4) is 17.0 Å². The molecule has 112 valence electrons. The SMILES string of the molecule is COC(=O)c1c[nH]c(C)c1-c1ncccc1OC(F)(F)F. The number of halogens is 3. The Balaban J connectivity index is 2.58. The third-order valence-corrected chi connectivity index (χ3v) is 2.72. The molecular formula is C13H11F3N2O3. The van der Waals surface area contributed by atoms with Crippen molar-refractivity contribution in [2.45, 2.75) is 13.3 Å². The topological polar surface area (TPSA) is 64.2 Å². The predicted molar refractivity (Wildman–Crippen MR) is 66.8 cm³/mol. The molecule has 2 rings (SSSR count). The zero-order valence-corrected chi connectivity index (χ0v) is 11.1. The Morgan fingerprint density at radius 1 is 1.38 bits per heavy atom. The van der Waals surface area contributed by atoms with Gasteiger partial charge in [0, 0.05) is 23.7 Å². The van der Waals surface area contributed by atoms with Gasteiger partial charge in [0.15, 0.2) is 5.75 Å². The number of hydrogen-bond acceptors (Lipinski definition) is 4. The van der Waals surface area contributed by atoms with Crippen LogP contribution in [-0.4, -0.2) is 29.4 Å². The fourth-order valence-corrected chi connectivity index (χ4v) is 1.89. The van der Waals surface area contributed by atoms with Gasteiger partial charge in [0.2, 0.25) is 0 Å². The molecule has 0 spiro atoms. The molecule has 0 fully saturated rings. The van der Waals surface area contributed by atoms with Gasteiger partial charge in [0.25, 0.3) is 0 Å². The number of rotatable bonds is 3. The zero-order valence-electron chi connectivity index (χ0n) is 11.1. The largest absolute Gasteiger partial charge is 0.573 e. The van der Waals surface area contributed by atoms with Crippen molar-refractivity contribution >= 4 is 5.97 Å². The van der Waals surface area contributed by atoms with Crippen LogP contribution in [0.25, 0.3) is 11.3 Å². The standard InChI is InChI=1S/C13H11F3N2O3/c1-7-10(8(6-18-7)12(19)20-2)11-9(4-3-5-17-11)21-13(14,15)16/h3-6,18H,1-2H3. The number of aryl methyl sites for hydroxylation is 1. The van der Waals surface area contributed by atoms with E-state index in [4.69, 9.17) is 0 Å². The lowest BCUT2D eigenvalue weighted by molar-refractivity contribution is -0.274.